The van der Waals surface area contributed by atoms with E-state index >= 15 is 0 Å². The average molecular weight is 368 g/mol. The van der Waals surface area contributed by atoms with Crippen molar-refractivity contribution in [2.75, 3.05) is 13.2 Å². The fourth-order valence-electron chi connectivity index (χ4n) is 2.76. The number of hydrogen-bond acceptors (Lipinski definition) is 5. The molecule has 0 spiro atoms. The van der Waals surface area contributed by atoms with Gasteiger partial charge in [0.05, 0.1) is 23.0 Å². The van der Waals surface area contributed by atoms with Crippen LogP contribution in [-0.2, 0) is 4.74 Å². The molecule has 7 heteroatoms. The maximum absolute atomic E-state index is 11.8. The highest BCUT2D eigenvalue weighted by Gasteiger charge is 2.15. The summed E-state index contributed by atoms with van der Waals surface area (Å²) in [4.78, 5) is 16.3. The maximum Gasteiger partial charge on any atom is 0.407 e. The molecule has 1 amide bonds. The van der Waals surface area contributed by atoms with Gasteiger partial charge < -0.3 is 14.8 Å². The van der Waals surface area contributed by atoms with E-state index in [9.17, 15) is 4.79 Å². The van der Waals surface area contributed by atoms with Gasteiger partial charge in [0.1, 0.15) is 18.1 Å². The highest BCUT2D eigenvalue weighted by molar-refractivity contribution is 6.15. The minimum atomic E-state index is -0.500. The van der Waals surface area contributed by atoms with Gasteiger partial charge in [0.15, 0.2) is 0 Å². The van der Waals surface area contributed by atoms with Gasteiger partial charge in [-0.3, -0.25) is 5.10 Å². The number of aromatic amines is 1. The van der Waals surface area contributed by atoms with Crippen molar-refractivity contribution in [3.05, 3.63) is 47.8 Å². The number of ether oxygens (including phenoxy) is 2. The summed E-state index contributed by atoms with van der Waals surface area (Å²) in [6, 6.07) is 5.79. The lowest BCUT2D eigenvalue weighted by Gasteiger charge is -2.15. The quantitative estimate of drug-likeness (QED) is 0.803. The second-order valence-corrected chi connectivity index (χ2v) is 6.78. The lowest BCUT2D eigenvalue weighted by atomic mass is 10.1. The summed E-state index contributed by atoms with van der Waals surface area (Å²) in [6.45, 7) is 10.3. The number of nitrogens with zero attached hydrogens (tertiary/aromatic N) is 2. The zero-order chi connectivity index (χ0) is 19.4. The van der Waals surface area contributed by atoms with Crippen molar-refractivity contribution >= 4 is 22.7 Å². The normalized spacial score (nSPS) is 20.6. The molecule has 1 atom stereocenters. The Kier molecular flexibility index (Phi) is 5.59. The minimum Gasteiger partial charge on any atom is -0.491 e. The van der Waals surface area contributed by atoms with Crippen molar-refractivity contribution in [3.63, 3.8) is 0 Å². The van der Waals surface area contributed by atoms with E-state index in [-0.39, 0.29) is 12.7 Å². The standard InChI is InChI=1S/C20H24N4O3/c1-12(2)9-18-19-16-10-15(5-6-17(16)23-24-19)27-14(4)7-8-21-20(25)26-11-13(3)22-18/h5-6,9-10,14H,3,7-8,11H2,1-2,4H3,(H,21,25)(H,23,24)/b22-18+. The Hall–Kier alpha value is -3.09. The Labute approximate surface area is 158 Å². The number of fused-ring (bicyclic) bond motifs is 1. The number of allylic oxidation sites excluding steroid dienone is 2. The number of aliphatic imine (C=N–C) groups is 1. The Morgan fingerprint density at radius 2 is 2.19 bits per heavy atom. The van der Waals surface area contributed by atoms with Crippen molar-refractivity contribution in [1.82, 2.24) is 15.5 Å². The molecule has 0 aliphatic carbocycles. The van der Waals surface area contributed by atoms with Gasteiger partial charge in [-0.25, -0.2) is 9.79 Å². The fourth-order valence-corrected chi connectivity index (χ4v) is 2.76. The number of carbonyl (C=O) groups is 1. The SMILES string of the molecule is C=C1COC(=O)NCCC(C)Oc2ccc3[nH]nc(c3c2)/C(C=C(C)C)=N/1. The Morgan fingerprint density at radius 3 is 2.96 bits per heavy atom. The van der Waals surface area contributed by atoms with E-state index in [0.717, 1.165) is 22.2 Å². The van der Waals surface area contributed by atoms with Crippen LogP contribution in [0.5, 0.6) is 5.75 Å². The molecule has 2 N–H and O–H groups in total. The summed E-state index contributed by atoms with van der Waals surface area (Å²) >= 11 is 0. The molecule has 2 heterocycles. The predicted octanol–water partition coefficient (Wildman–Crippen LogP) is 3.73. The smallest absolute Gasteiger partial charge is 0.407 e. The van der Waals surface area contributed by atoms with Crippen LogP contribution in [-0.4, -0.2) is 41.3 Å². The molecule has 2 aromatic rings. The molecule has 1 aliphatic rings. The molecule has 7 nitrogen and oxygen atoms in total. The Bertz CT molecular complexity index is 922. The van der Waals surface area contributed by atoms with Crippen LogP contribution in [0.15, 0.2) is 47.1 Å². The van der Waals surface area contributed by atoms with Crippen molar-refractivity contribution in [3.8, 4) is 5.75 Å². The first-order valence-corrected chi connectivity index (χ1v) is 8.89. The van der Waals surface area contributed by atoms with E-state index in [1.165, 1.54) is 0 Å². The average Bonchev–Trinajstić information content (AvgIpc) is 3.01. The maximum atomic E-state index is 11.8. The Morgan fingerprint density at radius 1 is 1.37 bits per heavy atom. The van der Waals surface area contributed by atoms with Gasteiger partial charge in [0, 0.05) is 18.4 Å². The second kappa shape index (κ2) is 8.07. The van der Waals surface area contributed by atoms with Gasteiger partial charge in [0.25, 0.3) is 0 Å². The minimum absolute atomic E-state index is 0.00555. The first-order chi connectivity index (χ1) is 12.9. The highest BCUT2D eigenvalue weighted by Crippen LogP contribution is 2.25. The molecule has 27 heavy (non-hydrogen) atoms. The van der Waals surface area contributed by atoms with Gasteiger partial charge in [-0.15, -0.1) is 0 Å². The van der Waals surface area contributed by atoms with Crippen LogP contribution in [0.4, 0.5) is 4.79 Å². The summed E-state index contributed by atoms with van der Waals surface area (Å²) in [5, 5.41) is 11.1. The summed E-state index contributed by atoms with van der Waals surface area (Å²) in [7, 11) is 0. The molecule has 1 unspecified atom stereocenters. The van der Waals surface area contributed by atoms with Crippen molar-refractivity contribution < 1.29 is 14.3 Å². The molecule has 0 radical (unpaired) electrons. The number of rotatable bonds is 1. The van der Waals surface area contributed by atoms with E-state index < -0.39 is 6.09 Å². The number of nitrogens with one attached hydrogen (secondary N) is 2. The third-order valence-electron chi connectivity index (χ3n) is 4.01. The second-order valence-electron chi connectivity index (χ2n) is 6.78. The molecule has 2 bridgehead atoms. The lowest BCUT2D eigenvalue weighted by Crippen LogP contribution is -2.29. The van der Waals surface area contributed by atoms with Gasteiger partial charge in [-0.1, -0.05) is 12.2 Å². The van der Waals surface area contributed by atoms with Crippen LogP contribution in [0.25, 0.3) is 10.9 Å². The third-order valence-corrected chi connectivity index (χ3v) is 4.01. The van der Waals surface area contributed by atoms with Crippen LogP contribution in [0, 0.1) is 0 Å². The first-order valence-electron chi connectivity index (χ1n) is 8.89. The molecule has 3 rings (SSSR count). The number of H-pyrrole nitrogens is 1. The molecule has 1 aromatic heterocycles. The molecule has 0 saturated heterocycles. The number of aromatic nitrogens is 2. The molecular weight excluding hydrogens is 344 g/mol. The molecule has 0 fully saturated rings. The van der Waals surface area contributed by atoms with E-state index in [1.807, 2.05) is 45.0 Å². The monoisotopic (exact) mass is 368 g/mol. The van der Waals surface area contributed by atoms with Crippen molar-refractivity contribution in [2.24, 2.45) is 4.99 Å². The zero-order valence-electron chi connectivity index (χ0n) is 15.8. The summed E-state index contributed by atoms with van der Waals surface area (Å²) in [6.07, 6.45) is 2.02. The molecule has 142 valence electrons. The summed E-state index contributed by atoms with van der Waals surface area (Å²) in [5.74, 6) is 0.741. The number of hydrogen-bond donors (Lipinski definition) is 2. The highest BCUT2D eigenvalue weighted by atomic mass is 16.5. The summed E-state index contributed by atoms with van der Waals surface area (Å²) < 4.78 is 11.2. The fraction of sp³-hybridized carbons (Fsp3) is 0.350. The lowest BCUT2D eigenvalue weighted by molar-refractivity contribution is 0.152. The van der Waals surface area contributed by atoms with Gasteiger partial charge >= 0.3 is 6.09 Å². The number of amides is 1. The van der Waals surface area contributed by atoms with Crippen LogP contribution in [0.3, 0.4) is 0 Å². The van der Waals surface area contributed by atoms with Crippen LogP contribution in [0.2, 0.25) is 0 Å². The third kappa shape index (κ3) is 4.75. The van der Waals surface area contributed by atoms with Crippen LogP contribution >= 0.6 is 0 Å². The number of alkyl carbamates (subject to hydrolysis) is 1. The van der Waals surface area contributed by atoms with Gasteiger partial charge in [0.2, 0.25) is 0 Å². The van der Waals surface area contributed by atoms with Crippen molar-refractivity contribution in [1.29, 1.82) is 0 Å². The molecular formula is C20H24N4O3. The molecule has 1 aromatic carbocycles. The van der Waals surface area contributed by atoms with E-state index in [1.54, 1.807) is 0 Å². The first kappa shape index (κ1) is 18.7. The van der Waals surface area contributed by atoms with Crippen LogP contribution in [0.1, 0.15) is 32.9 Å². The summed E-state index contributed by atoms with van der Waals surface area (Å²) in [5.41, 5.74) is 3.74. The predicted molar refractivity (Wildman–Crippen MR) is 105 cm³/mol. The molecule has 0 saturated carbocycles. The van der Waals surface area contributed by atoms with Crippen LogP contribution < -0.4 is 10.1 Å². The van der Waals surface area contributed by atoms with E-state index in [2.05, 4.69) is 27.1 Å². The largest absolute Gasteiger partial charge is 0.491 e. The van der Waals surface area contributed by atoms with E-state index in [0.29, 0.717) is 30.1 Å². The number of carbonyl (C=O) groups excluding carboxylic acids is 1. The number of cyclic esters (lactones) is 1. The number of benzene rings is 1. The van der Waals surface area contributed by atoms with Gasteiger partial charge in [-0.2, -0.15) is 5.10 Å². The van der Waals surface area contributed by atoms with E-state index in [4.69, 9.17) is 9.47 Å². The van der Waals surface area contributed by atoms with Crippen molar-refractivity contribution in [2.45, 2.75) is 33.3 Å². The zero-order valence-corrected chi connectivity index (χ0v) is 15.8. The topological polar surface area (TPSA) is 88.6 Å². The Balaban J connectivity index is 2.08. The van der Waals surface area contributed by atoms with Gasteiger partial charge in [-0.05, 0) is 45.0 Å². The molecule has 1 aliphatic heterocycles.